The van der Waals surface area contributed by atoms with Gasteiger partial charge in [0.15, 0.2) is 0 Å². The number of nitrogens with one attached hydrogen (secondary N) is 2. The number of hydrogen-bond acceptors (Lipinski definition) is 5. The minimum Gasteiger partial charge on any atom is -0.381 e. The van der Waals surface area contributed by atoms with Gasteiger partial charge in [0.05, 0.1) is 0 Å². The fraction of sp³-hybridized carbons (Fsp3) is 0.714. The van der Waals surface area contributed by atoms with Gasteiger partial charge in [0, 0.05) is 31.2 Å². The lowest BCUT2D eigenvalue weighted by Crippen LogP contribution is -2.28. The fourth-order valence-corrected chi connectivity index (χ4v) is 5.31. The minimum atomic E-state index is -3.42. The van der Waals surface area contributed by atoms with Crippen LogP contribution in [0.5, 0.6) is 0 Å². The molecule has 0 amide bonds. The van der Waals surface area contributed by atoms with Crippen molar-refractivity contribution in [2.24, 2.45) is 5.92 Å². The van der Waals surface area contributed by atoms with Gasteiger partial charge in [-0.05, 0) is 43.2 Å². The summed E-state index contributed by atoms with van der Waals surface area (Å²) in [4.78, 5) is 1.34. The molecule has 2 heterocycles. The van der Waals surface area contributed by atoms with E-state index in [1.165, 1.54) is 11.3 Å². The van der Waals surface area contributed by atoms with E-state index in [1.54, 1.807) is 0 Å². The summed E-state index contributed by atoms with van der Waals surface area (Å²) in [5.74, 6) is 0.484. The van der Waals surface area contributed by atoms with Crippen molar-refractivity contribution in [1.82, 2.24) is 10.0 Å². The average molecular weight is 332 g/mol. The number of rotatable bonds is 8. The highest BCUT2D eigenvalue weighted by Gasteiger charge is 2.23. The first-order valence-corrected chi connectivity index (χ1v) is 9.76. The van der Waals surface area contributed by atoms with Gasteiger partial charge in [-0.25, -0.2) is 13.1 Å². The highest BCUT2D eigenvalue weighted by atomic mass is 32.2. The number of ether oxygens (including phenoxy) is 1. The third kappa shape index (κ3) is 4.50. The Morgan fingerprint density at radius 3 is 2.95 bits per heavy atom. The Kier molecular flexibility index (Phi) is 6.19. The molecule has 5 nitrogen and oxygen atoms in total. The first kappa shape index (κ1) is 16.9. The summed E-state index contributed by atoms with van der Waals surface area (Å²) >= 11 is 1.50. The zero-order valence-electron chi connectivity index (χ0n) is 12.6. The summed E-state index contributed by atoms with van der Waals surface area (Å²) in [6.45, 7) is 7.32. The lowest BCUT2D eigenvalue weighted by molar-refractivity contribution is 0.184. The van der Waals surface area contributed by atoms with Crippen LogP contribution >= 0.6 is 11.3 Å². The highest BCUT2D eigenvalue weighted by Crippen LogP contribution is 2.27. The quantitative estimate of drug-likeness (QED) is 0.763. The van der Waals surface area contributed by atoms with Gasteiger partial charge in [0.2, 0.25) is 10.0 Å². The van der Waals surface area contributed by atoms with Crippen molar-refractivity contribution in [3.8, 4) is 0 Å². The van der Waals surface area contributed by atoms with Crippen LogP contribution in [0.25, 0.3) is 0 Å². The van der Waals surface area contributed by atoms with Crippen molar-refractivity contribution in [1.29, 1.82) is 0 Å². The van der Waals surface area contributed by atoms with E-state index in [1.807, 2.05) is 19.2 Å². The summed E-state index contributed by atoms with van der Waals surface area (Å²) in [6, 6.07) is 0. The molecule has 1 aliphatic rings. The van der Waals surface area contributed by atoms with E-state index in [4.69, 9.17) is 4.74 Å². The predicted molar refractivity (Wildman–Crippen MR) is 85.2 cm³/mol. The lowest BCUT2D eigenvalue weighted by atomic mass is 10.1. The summed E-state index contributed by atoms with van der Waals surface area (Å²) in [6.07, 6.45) is 1.87. The standard InChI is InChI=1S/C14H24N2O3S2/c1-3-15-8-13-14(11(2)10-20-13)21(17,18)16-6-4-12-5-7-19-9-12/h10,12,15-16H,3-9H2,1-2H3. The molecule has 1 aromatic heterocycles. The van der Waals surface area contributed by atoms with Gasteiger partial charge >= 0.3 is 0 Å². The maximum Gasteiger partial charge on any atom is 0.241 e. The molecule has 0 spiro atoms. The SMILES string of the molecule is CCNCc1scc(C)c1S(=O)(=O)NCCC1CCOC1. The molecule has 2 N–H and O–H groups in total. The van der Waals surface area contributed by atoms with E-state index >= 15 is 0 Å². The molecule has 0 saturated carbocycles. The number of sulfonamides is 1. The fourth-order valence-electron chi connectivity index (χ4n) is 2.49. The molecule has 0 bridgehead atoms. The maximum atomic E-state index is 12.5. The van der Waals surface area contributed by atoms with Crippen molar-refractivity contribution in [2.75, 3.05) is 26.3 Å². The molecule has 2 rings (SSSR count). The van der Waals surface area contributed by atoms with Crippen LogP contribution in [0.15, 0.2) is 10.3 Å². The Balaban J connectivity index is 1.99. The van der Waals surface area contributed by atoms with Crippen LogP contribution in [0.1, 0.15) is 30.2 Å². The smallest absolute Gasteiger partial charge is 0.241 e. The highest BCUT2D eigenvalue weighted by molar-refractivity contribution is 7.89. The van der Waals surface area contributed by atoms with Crippen LogP contribution in [0.4, 0.5) is 0 Å². The second kappa shape index (κ2) is 7.69. The Morgan fingerprint density at radius 1 is 1.48 bits per heavy atom. The van der Waals surface area contributed by atoms with Crippen molar-refractivity contribution < 1.29 is 13.2 Å². The molecule has 1 aromatic rings. The van der Waals surface area contributed by atoms with Crippen LogP contribution in [0.3, 0.4) is 0 Å². The summed E-state index contributed by atoms with van der Waals surface area (Å²) in [5, 5.41) is 5.10. The molecule has 1 atom stereocenters. The first-order chi connectivity index (χ1) is 10.0. The molecule has 1 saturated heterocycles. The third-order valence-electron chi connectivity index (χ3n) is 3.66. The van der Waals surface area contributed by atoms with Crippen LogP contribution in [-0.4, -0.2) is 34.7 Å². The molecule has 21 heavy (non-hydrogen) atoms. The second-order valence-corrected chi connectivity index (χ2v) is 8.04. The Bertz CT molecular complexity index is 549. The lowest BCUT2D eigenvalue weighted by Gasteiger charge is -2.11. The minimum absolute atomic E-state index is 0.455. The molecule has 1 aliphatic heterocycles. The van der Waals surface area contributed by atoms with Crippen LogP contribution in [0.2, 0.25) is 0 Å². The summed E-state index contributed by atoms with van der Waals surface area (Å²) in [7, 11) is -3.42. The molecule has 0 radical (unpaired) electrons. The van der Waals surface area contributed by atoms with Crippen LogP contribution in [0, 0.1) is 12.8 Å². The number of hydrogen-bond donors (Lipinski definition) is 2. The molecule has 1 fully saturated rings. The van der Waals surface area contributed by atoms with Gasteiger partial charge in [-0.1, -0.05) is 6.92 Å². The third-order valence-corrected chi connectivity index (χ3v) is 6.59. The van der Waals surface area contributed by atoms with E-state index in [0.29, 0.717) is 23.9 Å². The number of thiophene rings is 1. The molecule has 120 valence electrons. The van der Waals surface area contributed by atoms with Gasteiger partial charge in [0.25, 0.3) is 0 Å². The Labute approximate surface area is 131 Å². The average Bonchev–Trinajstić information content (AvgIpc) is 3.06. The van der Waals surface area contributed by atoms with Crippen molar-refractivity contribution >= 4 is 21.4 Å². The van der Waals surface area contributed by atoms with Crippen molar-refractivity contribution in [3.63, 3.8) is 0 Å². The van der Waals surface area contributed by atoms with Gasteiger partial charge in [-0.2, -0.15) is 0 Å². The van der Waals surface area contributed by atoms with Crippen LogP contribution in [-0.2, 0) is 21.3 Å². The van der Waals surface area contributed by atoms with E-state index in [9.17, 15) is 8.42 Å². The zero-order chi connectivity index (χ0) is 15.3. The van der Waals surface area contributed by atoms with Crippen molar-refractivity contribution in [3.05, 3.63) is 15.8 Å². The molecular weight excluding hydrogens is 308 g/mol. The predicted octanol–water partition coefficient (Wildman–Crippen LogP) is 1.87. The second-order valence-electron chi connectivity index (χ2n) is 5.37. The monoisotopic (exact) mass is 332 g/mol. The molecule has 7 heteroatoms. The normalized spacial score (nSPS) is 19.2. The molecule has 0 aromatic carbocycles. The summed E-state index contributed by atoms with van der Waals surface area (Å²) in [5.41, 5.74) is 0.824. The molecule has 0 aliphatic carbocycles. The first-order valence-electron chi connectivity index (χ1n) is 7.39. The zero-order valence-corrected chi connectivity index (χ0v) is 14.3. The molecule has 1 unspecified atom stereocenters. The van der Waals surface area contributed by atoms with Gasteiger partial charge in [-0.15, -0.1) is 11.3 Å². The van der Waals surface area contributed by atoms with Gasteiger partial charge in [0.1, 0.15) is 4.90 Å². The van der Waals surface area contributed by atoms with Crippen molar-refractivity contribution in [2.45, 2.75) is 38.1 Å². The Morgan fingerprint density at radius 2 is 2.29 bits per heavy atom. The van der Waals surface area contributed by atoms with E-state index in [0.717, 1.165) is 43.0 Å². The topological polar surface area (TPSA) is 67.4 Å². The Hall–Kier alpha value is -0.470. The molecular formula is C14H24N2O3S2. The van der Waals surface area contributed by atoms with E-state index < -0.39 is 10.0 Å². The van der Waals surface area contributed by atoms with Gasteiger partial charge < -0.3 is 10.1 Å². The van der Waals surface area contributed by atoms with E-state index in [2.05, 4.69) is 10.0 Å². The van der Waals surface area contributed by atoms with Gasteiger partial charge in [-0.3, -0.25) is 0 Å². The maximum absolute atomic E-state index is 12.5. The van der Waals surface area contributed by atoms with E-state index in [-0.39, 0.29) is 0 Å². The summed E-state index contributed by atoms with van der Waals surface area (Å²) < 4.78 is 33.1. The largest absolute Gasteiger partial charge is 0.381 e. The number of aryl methyl sites for hydroxylation is 1. The van der Waals surface area contributed by atoms with Crippen LogP contribution < -0.4 is 10.0 Å².